The normalized spacial score (nSPS) is 13.9. The number of methoxy groups -OCH3 is 1. The first-order chi connectivity index (χ1) is 11.2. The number of hydrogen-bond acceptors (Lipinski definition) is 3. The fourth-order valence-corrected chi connectivity index (χ4v) is 2.59. The Hall–Kier alpha value is -1.78. The highest BCUT2D eigenvalue weighted by molar-refractivity contribution is 6.32. The van der Waals surface area contributed by atoms with Crippen molar-refractivity contribution in [3.05, 3.63) is 58.4 Å². The predicted octanol–water partition coefficient (Wildman–Crippen LogP) is 4.32. The van der Waals surface area contributed by atoms with E-state index in [0.717, 1.165) is 17.7 Å². The summed E-state index contributed by atoms with van der Waals surface area (Å²) in [5.41, 5.74) is 1.93. The number of rotatable bonds is 7. The van der Waals surface area contributed by atoms with E-state index in [1.54, 1.807) is 19.2 Å². The average Bonchev–Trinajstić information content (AvgIpc) is 3.37. The molecule has 0 unspecified atom stereocenters. The van der Waals surface area contributed by atoms with Crippen LogP contribution in [0, 0.1) is 5.82 Å². The number of halogens is 2. The smallest absolute Gasteiger partial charge is 0.180 e. The van der Waals surface area contributed by atoms with Gasteiger partial charge >= 0.3 is 0 Å². The Morgan fingerprint density at radius 1 is 1.17 bits per heavy atom. The molecule has 3 rings (SSSR count). The van der Waals surface area contributed by atoms with Crippen LogP contribution < -0.4 is 14.8 Å². The minimum atomic E-state index is -0.267. The summed E-state index contributed by atoms with van der Waals surface area (Å²) in [5.74, 6) is 0.845. The highest BCUT2D eigenvalue weighted by Gasteiger charge is 2.20. The molecule has 122 valence electrons. The third-order valence-electron chi connectivity index (χ3n) is 3.76. The van der Waals surface area contributed by atoms with Gasteiger partial charge in [-0.05, 0) is 48.2 Å². The topological polar surface area (TPSA) is 30.5 Å². The van der Waals surface area contributed by atoms with Crippen molar-refractivity contribution in [1.29, 1.82) is 0 Å². The Morgan fingerprint density at radius 2 is 1.91 bits per heavy atom. The molecule has 1 aliphatic carbocycles. The highest BCUT2D eigenvalue weighted by Crippen LogP contribution is 2.37. The second kappa shape index (κ2) is 7.20. The van der Waals surface area contributed by atoms with Crippen LogP contribution in [-0.4, -0.2) is 13.2 Å². The van der Waals surface area contributed by atoms with Gasteiger partial charge < -0.3 is 14.8 Å². The second-order valence-corrected chi connectivity index (χ2v) is 6.09. The summed E-state index contributed by atoms with van der Waals surface area (Å²) in [6.45, 7) is 1.06. The van der Waals surface area contributed by atoms with E-state index in [-0.39, 0.29) is 5.82 Å². The molecule has 0 aliphatic heterocycles. The zero-order valence-electron chi connectivity index (χ0n) is 12.9. The van der Waals surface area contributed by atoms with E-state index in [4.69, 9.17) is 21.1 Å². The van der Waals surface area contributed by atoms with Crippen LogP contribution in [0.1, 0.15) is 24.0 Å². The molecule has 0 saturated heterocycles. The van der Waals surface area contributed by atoms with Crippen molar-refractivity contribution >= 4 is 11.6 Å². The summed E-state index contributed by atoms with van der Waals surface area (Å²) in [6, 6.07) is 10.6. The predicted molar refractivity (Wildman–Crippen MR) is 88.6 cm³/mol. The summed E-state index contributed by atoms with van der Waals surface area (Å²) in [5, 5.41) is 3.96. The fraction of sp³-hybridized carbons (Fsp3) is 0.333. The molecule has 0 atom stereocenters. The molecule has 2 aromatic carbocycles. The number of hydrogen-bond donors (Lipinski definition) is 1. The van der Waals surface area contributed by atoms with Crippen molar-refractivity contribution in [3.63, 3.8) is 0 Å². The molecule has 3 nitrogen and oxygen atoms in total. The van der Waals surface area contributed by atoms with Gasteiger partial charge in [0.2, 0.25) is 0 Å². The monoisotopic (exact) mass is 335 g/mol. The summed E-state index contributed by atoms with van der Waals surface area (Å²) in [7, 11) is 1.59. The molecule has 2 aromatic rings. The molecule has 0 aromatic heterocycles. The molecule has 0 spiro atoms. The van der Waals surface area contributed by atoms with Crippen LogP contribution in [0.25, 0.3) is 0 Å². The van der Waals surface area contributed by atoms with Gasteiger partial charge in [0.15, 0.2) is 11.5 Å². The Morgan fingerprint density at radius 3 is 2.57 bits per heavy atom. The van der Waals surface area contributed by atoms with Gasteiger partial charge in [0.25, 0.3) is 0 Å². The van der Waals surface area contributed by atoms with Gasteiger partial charge in [0.05, 0.1) is 12.1 Å². The minimum absolute atomic E-state index is 0.267. The quantitative estimate of drug-likeness (QED) is 0.817. The molecule has 0 heterocycles. The third kappa shape index (κ3) is 4.36. The van der Waals surface area contributed by atoms with Crippen molar-refractivity contribution in [2.24, 2.45) is 0 Å². The fourth-order valence-electron chi connectivity index (χ4n) is 2.30. The summed E-state index contributed by atoms with van der Waals surface area (Å²) in [6.07, 6.45) is 2.48. The first-order valence-corrected chi connectivity index (χ1v) is 8.00. The lowest BCUT2D eigenvalue weighted by Crippen LogP contribution is -2.15. The molecule has 5 heteroatoms. The molecule has 0 amide bonds. The Kier molecular flexibility index (Phi) is 5.03. The van der Waals surface area contributed by atoms with Crippen LogP contribution >= 0.6 is 11.6 Å². The van der Waals surface area contributed by atoms with Gasteiger partial charge in [-0.25, -0.2) is 4.39 Å². The van der Waals surface area contributed by atoms with Crippen LogP contribution in [0.15, 0.2) is 36.4 Å². The van der Waals surface area contributed by atoms with Crippen molar-refractivity contribution in [3.8, 4) is 11.5 Å². The molecular weight excluding hydrogens is 317 g/mol. The third-order valence-corrected chi connectivity index (χ3v) is 4.04. The Labute approximate surface area is 140 Å². The summed E-state index contributed by atoms with van der Waals surface area (Å²) in [4.78, 5) is 0. The lowest BCUT2D eigenvalue weighted by atomic mass is 10.2. The Bertz CT molecular complexity index is 671. The molecule has 23 heavy (non-hydrogen) atoms. The van der Waals surface area contributed by atoms with Crippen LogP contribution in [0.5, 0.6) is 11.5 Å². The molecule has 1 saturated carbocycles. The van der Waals surface area contributed by atoms with Crippen molar-refractivity contribution in [2.45, 2.75) is 32.0 Å². The van der Waals surface area contributed by atoms with E-state index in [0.29, 0.717) is 29.2 Å². The van der Waals surface area contributed by atoms with Gasteiger partial charge in [-0.1, -0.05) is 23.7 Å². The number of benzene rings is 2. The molecule has 1 N–H and O–H groups in total. The van der Waals surface area contributed by atoms with Gasteiger partial charge in [-0.2, -0.15) is 0 Å². The molecule has 1 fully saturated rings. The van der Waals surface area contributed by atoms with E-state index in [9.17, 15) is 4.39 Å². The first-order valence-electron chi connectivity index (χ1n) is 7.63. The van der Waals surface area contributed by atoms with Crippen molar-refractivity contribution < 1.29 is 13.9 Å². The van der Waals surface area contributed by atoms with E-state index in [2.05, 4.69) is 5.32 Å². The maximum absolute atomic E-state index is 12.9. The number of nitrogens with one attached hydrogen (secondary N) is 1. The van der Waals surface area contributed by atoms with E-state index < -0.39 is 0 Å². The van der Waals surface area contributed by atoms with Crippen molar-refractivity contribution in [1.82, 2.24) is 5.32 Å². The van der Waals surface area contributed by atoms with E-state index in [1.165, 1.54) is 25.0 Å². The lowest BCUT2D eigenvalue weighted by molar-refractivity contribution is 0.284. The highest BCUT2D eigenvalue weighted by atomic mass is 35.5. The van der Waals surface area contributed by atoms with E-state index in [1.807, 2.05) is 12.1 Å². The minimum Gasteiger partial charge on any atom is -0.493 e. The van der Waals surface area contributed by atoms with Crippen LogP contribution in [0.3, 0.4) is 0 Å². The SMILES string of the molecule is COc1cc(CNC2CC2)cc(Cl)c1OCc1ccc(F)cc1. The zero-order valence-corrected chi connectivity index (χ0v) is 13.7. The Balaban J connectivity index is 1.70. The van der Waals surface area contributed by atoms with Crippen LogP contribution in [0.4, 0.5) is 4.39 Å². The zero-order chi connectivity index (χ0) is 16.2. The van der Waals surface area contributed by atoms with Crippen molar-refractivity contribution in [2.75, 3.05) is 7.11 Å². The van der Waals surface area contributed by atoms with Gasteiger partial charge in [-0.3, -0.25) is 0 Å². The van der Waals surface area contributed by atoms with Crippen LogP contribution in [-0.2, 0) is 13.2 Å². The summed E-state index contributed by atoms with van der Waals surface area (Å²) >= 11 is 6.34. The van der Waals surface area contributed by atoms with Gasteiger partial charge in [-0.15, -0.1) is 0 Å². The molecule has 0 radical (unpaired) electrons. The number of ether oxygens (including phenoxy) is 2. The molecule has 1 aliphatic rings. The summed E-state index contributed by atoms with van der Waals surface area (Å²) < 4.78 is 24.1. The largest absolute Gasteiger partial charge is 0.493 e. The maximum atomic E-state index is 12.9. The molecular formula is C18H19ClFNO2. The van der Waals surface area contributed by atoms with Crippen LogP contribution in [0.2, 0.25) is 5.02 Å². The molecule has 0 bridgehead atoms. The average molecular weight is 336 g/mol. The first kappa shape index (κ1) is 16.1. The van der Waals surface area contributed by atoms with Gasteiger partial charge in [0.1, 0.15) is 12.4 Å². The second-order valence-electron chi connectivity index (χ2n) is 5.68. The van der Waals surface area contributed by atoms with E-state index >= 15 is 0 Å². The maximum Gasteiger partial charge on any atom is 0.180 e. The standard InChI is InChI=1S/C18H19ClFNO2/c1-22-17-9-13(10-21-15-6-7-15)8-16(19)18(17)23-11-12-2-4-14(20)5-3-12/h2-5,8-9,15,21H,6-7,10-11H2,1H3. The van der Waals surface area contributed by atoms with Gasteiger partial charge in [0, 0.05) is 12.6 Å². The lowest BCUT2D eigenvalue weighted by Gasteiger charge is -2.14.